The maximum Gasteiger partial charge on any atom is 0.419 e. The Kier molecular flexibility index (Phi) is 4.08. The van der Waals surface area contributed by atoms with Crippen LogP contribution in [-0.4, -0.2) is 23.1 Å². The van der Waals surface area contributed by atoms with Gasteiger partial charge in [-0.1, -0.05) is 0 Å². The van der Waals surface area contributed by atoms with Crippen LogP contribution in [0.3, 0.4) is 0 Å². The normalized spacial score (nSPS) is 11.8. The Morgan fingerprint density at radius 3 is 2.70 bits per heavy atom. The number of imidazole rings is 1. The van der Waals surface area contributed by atoms with Gasteiger partial charge < -0.3 is 9.88 Å². The quantitative estimate of drug-likeness (QED) is 0.876. The molecule has 0 saturated carbocycles. The lowest BCUT2D eigenvalue weighted by molar-refractivity contribution is -0.139. The van der Waals surface area contributed by atoms with Gasteiger partial charge in [-0.15, -0.1) is 0 Å². The Morgan fingerprint density at radius 2 is 2.05 bits per heavy atom. The lowest BCUT2D eigenvalue weighted by Gasteiger charge is -2.09. The molecule has 0 amide bonds. The van der Waals surface area contributed by atoms with Crippen LogP contribution >= 0.6 is 0 Å². The van der Waals surface area contributed by atoms with Crippen LogP contribution in [0.4, 0.5) is 17.6 Å². The SMILES string of the molecule is CNCCn1cnc(-c2ccc(F)c(C(F)(F)F)c2)c1. The fourth-order valence-electron chi connectivity index (χ4n) is 1.77. The van der Waals surface area contributed by atoms with Gasteiger partial charge in [0.15, 0.2) is 0 Å². The monoisotopic (exact) mass is 287 g/mol. The van der Waals surface area contributed by atoms with Gasteiger partial charge in [0.25, 0.3) is 0 Å². The molecular weight excluding hydrogens is 274 g/mol. The molecular formula is C13H13F4N3. The number of nitrogens with one attached hydrogen (secondary N) is 1. The third-order valence-electron chi connectivity index (χ3n) is 2.82. The predicted molar refractivity (Wildman–Crippen MR) is 66.5 cm³/mol. The number of alkyl halides is 3. The summed E-state index contributed by atoms with van der Waals surface area (Å²) in [4.78, 5) is 4.04. The second-order valence-corrected chi connectivity index (χ2v) is 4.29. The Labute approximate surface area is 113 Å². The van der Waals surface area contributed by atoms with Gasteiger partial charge in [-0.05, 0) is 25.2 Å². The third kappa shape index (κ3) is 3.16. The number of likely N-dealkylation sites (N-methyl/N-ethyl adjacent to an activating group) is 1. The summed E-state index contributed by atoms with van der Waals surface area (Å²) in [6.07, 6.45) is -1.55. The van der Waals surface area contributed by atoms with Crippen molar-refractivity contribution in [2.75, 3.05) is 13.6 Å². The van der Waals surface area contributed by atoms with Crippen LogP contribution < -0.4 is 5.32 Å². The van der Waals surface area contributed by atoms with Gasteiger partial charge in [0.05, 0.1) is 17.6 Å². The number of halogens is 4. The molecule has 0 saturated heterocycles. The molecule has 7 heteroatoms. The number of hydrogen-bond donors (Lipinski definition) is 1. The molecule has 0 aliphatic heterocycles. The number of rotatable bonds is 4. The van der Waals surface area contributed by atoms with E-state index < -0.39 is 17.6 Å². The number of nitrogens with zero attached hydrogens (tertiary/aromatic N) is 2. The van der Waals surface area contributed by atoms with Crippen LogP contribution in [0.5, 0.6) is 0 Å². The molecule has 1 aromatic carbocycles. The first-order valence-electron chi connectivity index (χ1n) is 5.95. The molecule has 0 aliphatic carbocycles. The van der Waals surface area contributed by atoms with Gasteiger partial charge in [-0.3, -0.25) is 0 Å². The van der Waals surface area contributed by atoms with E-state index in [1.54, 1.807) is 17.8 Å². The lowest BCUT2D eigenvalue weighted by Crippen LogP contribution is -2.13. The minimum absolute atomic E-state index is 0.238. The molecule has 108 valence electrons. The number of hydrogen-bond acceptors (Lipinski definition) is 2. The van der Waals surface area contributed by atoms with Crippen molar-refractivity contribution < 1.29 is 17.6 Å². The van der Waals surface area contributed by atoms with Crippen molar-refractivity contribution in [1.82, 2.24) is 14.9 Å². The number of aromatic nitrogens is 2. The largest absolute Gasteiger partial charge is 0.419 e. The van der Waals surface area contributed by atoms with Crippen LogP contribution in [0.1, 0.15) is 5.56 Å². The summed E-state index contributed by atoms with van der Waals surface area (Å²) < 4.78 is 52.9. The summed E-state index contributed by atoms with van der Waals surface area (Å²) >= 11 is 0. The minimum atomic E-state index is -4.71. The first kappa shape index (κ1) is 14.5. The zero-order valence-corrected chi connectivity index (χ0v) is 10.7. The molecule has 2 aromatic rings. The van der Waals surface area contributed by atoms with Crippen molar-refractivity contribution >= 4 is 0 Å². The molecule has 0 unspecified atom stereocenters. The second-order valence-electron chi connectivity index (χ2n) is 4.29. The van der Waals surface area contributed by atoms with Crippen molar-refractivity contribution in [2.45, 2.75) is 12.7 Å². The number of benzene rings is 1. The Bertz CT molecular complexity index is 590. The summed E-state index contributed by atoms with van der Waals surface area (Å²) in [6, 6.07) is 2.88. The summed E-state index contributed by atoms with van der Waals surface area (Å²) in [5.41, 5.74) is -0.659. The van der Waals surface area contributed by atoms with Crippen LogP contribution in [0.25, 0.3) is 11.3 Å². The average molecular weight is 287 g/mol. The highest BCUT2D eigenvalue weighted by atomic mass is 19.4. The van der Waals surface area contributed by atoms with E-state index in [-0.39, 0.29) is 5.56 Å². The molecule has 0 fully saturated rings. The second kappa shape index (κ2) is 5.62. The Morgan fingerprint density at radius 1 is 1.30 bits per heavy atom. The summed E-state index contributed by atoms with van der Waals surface area (Å²) in [7, 11) is 1.80. The molecule has 20 heavy (non-hydrogen) atoms. The highest BCUT2D eigenvalue weighted by Crippen LogP contribution is 2.33. The van der Waals surface area contributed by atoms with Gasteiger partial charge >= 0.3 is 6.18 Å². The van der Waals surface area contributed by atoms with Gasteiger partial charge in [-0.2, -0.15) is 13.2 Å². The first-order chi connectivity index (χ1) is 9.41. The van der Waals surface area contributed by atoms with Crippen molar-refractivity contribution in [3.8, 4) is 11.3 Å². The standard InChI is InChI=1S/C13H13F4N3/c1-18-4-5-20-7-12(19-8-20)9-2-3-11(14)10(6-9)13(15,16)17/h2-3,6-8,18H,4-5H2,1H3. The van der Waals surface area contributed by atoms with E-state index in [1.807, 2.05) is 0 Å². The molecule has 1 N–H and O–H groups in total. The van der Waals surface area contributed by atoms with E-state index in [0.29, 0.717) is 18.8 Å². The zero-order chi connectivity index (χ0) is 14.8. The van der Waals surface area contributed by atoms with Crippen molar-refractivity contribution in [1.29, 1.82) is 0 Å². The van der Waals surface area contributed by atoms with Crippen LogP contribution in [0, 0.1) is 5.82 Å². The molecule has 1 heterocycles. The molecule has 3 nitrogen and oxygen atoms in total. The van der Waals surface area contributed by atoms with Gasteiger partial charge in [0.1, 0.15) is 5.82 Å². The maximum absolute atomic E-state index is 13.2. The molecule has 0 aliphatic rings. The van der Waals surface area contributed by atoms with Gasteiger partial charge in [0, 0.05) is 24.8 Å². The molecule has 0 bridgehead atoms. The molecule has 2 rings (SSSR count). The summed E-state index contributed by atoms with van der Waals surface area (Å²) in [5.74, 6) is -1.28. The molecule has 1 aromatic heterocycles. The highest BCUT2D eigenvalue weighted by molar-refractivity contribution is 5.59. The predicted octanol–water partition coefficient (Wildman–Crippen LogP) is 2.93. The Hall–Kier alpha value is -1.89. The summed E-state index contributed by atoms with van der Waals surface area (Å²) in [6.45, 7) is 1.36. The van der Waals surface area contributed by atoms with E-state index in [0.717, 1.165) is 12.1 Å². The van der Waals surface area contributed by atoms with E-state index in [1.165, 1.54) is 12.4 Å². The Balaban J connectivity index is 2.31. The first-order valence-corrected chi connectivity index (χ1v) is 5.95. The van der Waals surface area contributed by atoms with E-state index >= 15 is 0 Å². The van der Waals surface area contributed by atoms with Crippen LogP contribution in [0.2, 0.25) is 0 Å². The van der Waals surface area contributed by atoms with Crippen molar-refractivity contribution in [3.05, 3.63) is 42.1 Å². The van der Waals surface area contributed by atoms with E-state index in [4.69, 9.17) is 0 Å². The smallest absolute Gasteiger partial charge is 0.336 e. The van der Waals surface area contributed by atoms with Crippen molar-refractivity contribution in [2.24, 2.45) is 0 Å². The van der Waals surface area contributed by atoms with Gasteiger partial charge in [0.2, 0.25) is 0 Å². The molecule has 0 radical (unpaired) electrons. The van der Waals surface area contributed by atoms with Crippen LogP contribution in [0.15, 0.2) is 30.7 Å². The topological polar surface area (TPSA) is 29.9 Å². The van der Waals surface area contributed by atoms with Gasteiger partial charge in [-0.25, -0.2) is 9.37 Å². The molecule has 0 atom stereocenters. The third-order valence-corrected chi connectivity index (χ3v) is 2.82. The van der Waals surface area contributed by atoms with E-state index in [2.05, 4.69) is 10.3 Å². The fourth-order valence-corrected chi connectivity index (χ4v) is 1.77. The highest BCUT2D eigenvalue weighted by Gasteiger charge is 2.34. The molecule has 0 spiro atoms. The zero-order valence-electron chi connectivity index (χ0n) is 10.7. The summed E-state index contributed by atoms with van der Waals surface area (Å²) in [5, 5.41) is 2.95. The van der Waals surface area contributed by atoms with Crippen LogP contribution in [-0.2, 0) is 12.7 Å². The van der Waals surface area contributed by atoms with E-state index in [9.17, 15) is 17.6 Å². The van der Waals surface area contributed by atoms with Crippen molar-refractivity contribution in [3.63, 3.8) is 0 Å². The average Bonchev–Trinajstić information content (AvgIpc) is 2.84. The maximum atomic E-state index is 13.2. The lowest BCUT2D eigenvalue weighted by atomic mass is 10.1. The fraction of sp³-hybridized carbons (Fsp3) is 0.308. The minimum Gasteiger partial charge on any atom is -0.336 e.